The van der Waals surface area contributed by atoms with Crippen LogP contribution >= 0.6 is 0 Å². The lowest BCUT2D eigenvalue weighted by Crippen LogP contribution is -2.15. The van der Waals surface area contributed by atoms with E-state index < -0.39 is 0 Å². The third-order valence-electron chi connectivity index (χ3n) is 8.81. The fraction of sp³-hybridized carbons (Fsp3) is 0.275. The Morgan fingerprint density at radius 2 is 1.30 bits per heavy atom. The fourth-order valence-corrected chi connectivity index (χ4v) is 5.65. The summed E-state index contributed by atoms with van der Waals surface area (Å²) in [7, 11) is 0. The smallest absolute Gasteiger partial charge is 0.158 e. The van der Waals surface area contributed by atoms with Gasteiger partial charge >= 0.3 is 0 Å². The van der Waals surface area contributed by atoms with Crippen LogP contribution in [0.25, 0.3) is 28.0 Å². The zero-order valence-electron chi connectivity index (χ0n) is 37.8. The van der Waals surface area contributed by atoms with Crippen LogP contribution in [-0.2, 0) is 6.54 Å². The van der Waals surface area contributed by atoms with E-state index in [9.17, 15) is 0 Å². The predicted octanol–water partition coefficient (Wildman–Crippen LogP) is 11.4. The lowest BCUT2D eigenvalue weighted by molar-refractivity contribution is 0.376. The highest BCUT2D eigenvalue weighted by Gasteiger charge is 2.15. The minimum Gasteiger partial charge on any atom is -0.388 e. The van der Waals surface area contributed by atoms with Crippen LogP contribution in [0.2, 0.25) is 0 Å². The summed E-state index contributed by atoms with van der Waals surface area (Å²) in [6.07, 6.45) is 5.61. The average Bonchev–Trinajstić information content (AvgIpc) is 3.71. The van der Waals surface area contributed by atoms with E-state index in [1.54, 1.807) is 13.0 Å². The topological polar surface area (TPSA) is 189 Å². The van der Waals surface area contributed by atoms with Gasteiger partial charge in [0.25, 0.3) is 0 Å². The SMILES string of the molecule is C=C(NC/C(C)=C/C)c1c(C)cccc1-c1ccccc1.CC(=N)N.CC(C)/C=C\C(=N)N.CC(N)=NC(=NCc1cc(C(C)C)no1)c1c(C)cccc1-c1ccccc1. The lowest BCUT2D eigenvalue weighted by Gasteiger charge is -2.17. The molecule has 0 bridgehead atoms. The van der Waals surface area contributed by atoms with Gasteiger partial charge in [0.1, 0.15) is 12.4 Å². The number of nitrogens with zero attached hydrogens (tertiary/aromatic N) is 3. The second-order valence-corrected chi connectivity index (χ2v) is 15.2. The summed E-state index contributed by atoms with van der Waals surface area (Å²) in [5.41, 5.74) is 28.0. The maximum atomic E-state index is 6.78. The van der Waals surface area contributed by atoms with E-state index in [0.29, 0.717) is 35.8 Å². The average molecular weight is 822 g/mol. The number of hydrogen-bond donors (Lipinski definition) is 6. The molecule has 0 unspecified atom stereocenters. The molecule has 9 N–H and O–H groups in total. The van der Waals surface area contributed by atoms with Crippen molar-refractivity contribution in [3.8, 4) is 22.3 Å². The van der Waals surface area contributed by atoms with Gasteiger partial charge in [0, 0.05) is 29.4 Å². The van der Waals surface area contributed by atoms with Crippen molar-refractivity contribution in [3.63, 3.8) is 0 Å². The van der Waals surface area contributed by atoms with Crippen LogP contribution in [0.4, 0.5) is 0 Å². The van der Waals surface area contributed by atoms with Crippen molar-refractivity contribution in [3.05, 3.63) is 167 Å². The van der Waals surface area contributed by atoms with Crippen LogP contribution in [0.1, 0.15) is 95.0 Å². The first-order chi connectivity index (χ1) is 28.9. The van der Waals surface area contributed by atoms with Gasteiger partial charge in [-0.1, -0.05) is 154 Å². The molecule has 5 aromatic rings. The number of hydrogen-bond acceptors (Lipinski definition) is 6. The van der Waals surface area contributed by atoms with E-state index in [4.69, 9.17) is 37.5 Å². The summed E-state index contributed by atoms with van der Waals surface area (Å²) in [4.78, 5) is 9.27. The molecule has 322 valence electrons. The molecule has 4 aromatic carbocycles. The van der Waals surface area contributed by atoms with E-state index in [0.717, 1.165) is 40.2 Å². The molecule has 0 saturated carbocycles. The first-order valence-electron chi connectivity index (χ1n) is 20.4. The van der Waals surface area contributed by atoms with Gasteiger partial charge in [-0.05, 0) is 92.8 Å². The van der Waals surface area contributed by atoms with Crippen LogP contribution < -0.4 is 22.5 Å². The molecule has 0 radical (unpaired) electrons. The number of allylic oxidation sites excluding steroid dienone is 2. The molecule has 0 amide bonds. The Balaban J connectivity index is 0.000000340. The molecule has 0 spiro atoms. The summed E-state index contributed by atoms with van der Waals surface area (Å²) in [6, 6.07) is 35.2. The molecular formula is C51H67N9O. The number of aryl methyl sites for hydroxylation is 2. The minimum atomic E-state index is 0.124. The van der Waals surface area contributed by atoms with Crippen molar-refractivity contribution >= 4 is 29.0 Å². The van der Waals surface area contributed by atoms with Crippen molar-refractivity contribution in [2.75, 3.05) is 6.54 Å². The van der Waals surface area contributed by atoms with Gasteiger partial charge in [-0.15, -0.1) is 0 Å². The molecule has 10 heteroatoms. The molecule has 61 heavy (non-hydrogen) atoms. The normalized spacial score (nSPS) is 11.5. The zero-order chi connectivity index (χ0) is 45.5. The van der Waals surface area contributed by atoms with E-state index in [1.165, 1.54) is 34.8 Å². The van der Waals surface area contributed by atoms with Crippen LogP contribution in [0, 0.1) is 30.6 Å². The largest absolute Gasteiger partial charge is 0.388 e. The van der Waals surface area contributed by atoms with E-state index in [-0.39, 0.29) is 11.7 Å². The van der Waals surface area contributed by atoms with Crippen molar-refractivity contribution in [1.29, 1.82) is 10.8 Å². The molecule has 0 aliphatic heterocycles. The van der Waals surface area contributed by atoms with Gasteiger partial charge in [-0.3, -0.25) is 15.8 Å². The Kier molecular flexibility index (Phi) is 21.7. The van der Waals surface area contributed by atoms with Crippen molar-refractivity contribution in [2.45, 2.75) is 81.7 Å². The van der Waals surface area contributed by atoms with Crippen LogP contribution in [-0.4, -0.2) is 35.0 Å². The Morgan fingerprint density at radius 3 is 1.72 bits per heavy atom. The number of nitrogens with two attached hydrogens (primary N) is 3. The van der Waals surface area contributed by atoms with E-state index >= 15 is 0 Å². The summed E-state index contributed by atoms with van der Waals surface area (Å²) in [5.74, 6) is 2.85. The number of benzene rings is 4. The molecule has 0 saturated heterocycles. The summed E-state index contributed by atoms with van der Waals surface area (Å²) < 4.78 is 5.43. The standard InChI is InChI=1S/C23H26N4O.C20H23N.C6H12N2.C2H6N2/c1-15(2)21-13-19(28-27-21)14-25-23(26-17(4)24)22-16(3)9-8-12-20(22)18-10-6-5-7-11-18;1-5-15(2)14-21-17(4)20-16(3)10-9-13-19(20)18-11-7-6-8-12-18;1-5(2)3-4-6(7)8;1-2(3)4/h5-13,15H,14H2,1-4H3,(H2,24,25,26);5-13,21H,4,14H2,1-3H3;3-5H,1-2H3,(H3,7,8);1H3,(H3,3,4)/b;15-5+;4-3-;. The fourth-order valence-electron chi connectivity index (χ4n) is 5.65. The zero-order valence-corrected chi connectivity index (χ0v) is 37.8. The van der Waals surface area contributed by atoms with Crippen LogP contribution in [0.3, 0.4) is 0 Å². The molecule has 5 rings (SSSR count). The van der Waals surface area contributed by atoms with E-state index in [2.05, 4.69) is 136 Å². The Morgan fingerprint density at radius 1 is 0.787 bits per heavy atom. The van der Waals surface area contributed by atoms with Crippen LogP contribution in [0.15, 0.2) is 148 Å². The third-order valence-corrected chi connectivity index (χ3v) is 8.81. The number of aromatic nitrogens is 1. The van der Waals surface area contributed by atoms with Crippen LogP contribution in [0.5, 0.6) is 0 Å². The second-order valence-electron chi connectivity index (χ2n) is 15.2. The van der Waals surface area contributed by atoms with Gasteiger partial charge in [0.15, 0.2) is 11.6 Å². The molecule has 1 aromatic heterocycles. The number of amidine groups is 4. The molecule has 0 atom stereocenters. The highest BCUT2D eigenvalue weighted by atomic mass is 16.5. The third kappa shape index (κ3) is 18.3. The van der Waals surface area contributed by atoms with Crippen molar-refractivity contribution in [2.24, 2.45) is 33.1 Å². The Hall–Kier alpha value is -6.81. The van der Waals surface area contributed by atoms with Gasteiger partial charge in [0.05, 0.1) is 17.4 Å². The van der Waals surface area contributed by atoms with Gasteiger partial charge in [-0.25, -0.2) is 4.99 Å². The molecule has 10 nitrogen and oxygen atoms in total. The summed E-state index contributed by atoms with van der Waals surface area (Å²) in [6.45, 7) is 25.3. The van der Waals surface area contributed by atoms with Crippen molar-refractivity contribution in [1.82, 2.24) is 10.5 Å². The minimum absolute atomic E-state index is 0.124. The molecule has 0 aliphatic rings. The first kappa shape index (κ1) is 50.3. The highest BCUT2D eigenvalue weighted by molar-refractivity contribution is 6.10. The molecule has 0 fully saturated rings. The molecule has 0 aliphatic carbocycles. The summed E-state index contributed by atoms with van der Waals surface area (Å²) in [5, 5.41) is 20.6. The first-order valence-corrected chi connectivity index (χ1v) is 20.4. The van der Waals surface area contributed by atoms with E-state index in [1.807, 2.05) is 56.3 Å². The van der Waals surface area contributed by atoms with Gasteiger partial charge < -0.3 is 27.0 Å². The highest BCUT2D eigenvalue weighted by Crippen LogP contribution is 2.30. The second kappa shape index (κ2) is 26.3. The molecule has 1 heterocycles. The number of aliphatic imine (C=N–C) groups is 2. The number of nitrogens with one attached hydrogen (secondary N) is 3. The lowest BCUT2D eigenvalue weighted by atomic mass is 9.94. The quantitative estimate of drug-likeness (QED) is 0.0412. The monoisotopic (exact) mass is 822 g/mol. The van der Waals surface area contributed by atoms with Crippen molar-refractivity contribution < 1.29 is 4.52 Å². The van der Waals surface area contributed by atoms with Gasteiger partial charge in [-0.2, -0.15) is 0 Å². The summed E-state index contributed by atoms with van der Waals surface area (Å²) >= 11 is 0. The predicted molar refractivity (Wildman–Crippen MR) is 261 cm³/mol. The van der Waals surface area contributed by atoms with Gasteiger partial charge in [0.2, 0.25) is 0 Å². The molecular weight excluding hydrogens is 755 g/mol. The Bertz CT molecular complexity index is 2270. The Labute approximate surface area is 364 Å². The maximum absolute atomic E-state index is 6.78. The number of rotatable bonds is 12. The maximum Gasteiger partial charge on any atom is 0.158 e.